The summed E-state index contributed by atoms with van der Waals surface area (Å²) in [6.45, 7) is 3.91. The number of ether oxygens (including phenoxy) is 1. The number of aryl methyl sites for hydroxylation is 1. The molecule has 0 spiro atoms. The summed E-state index contributed by atoms with van der Waals surface area (Å²) in [5, 5.41) is 0. The monoisotopic (exact) mass is 284 g/mol. The van der Waals surface area contributed by atoms with Gasteiger partial charge < -0.3 is 4.74 Å². The van der Waals surface area contributed by atoms with Crippen LogP contribution in [0.2, 0.25) is 0 Å². The SMILES string of the molecule is CCOC(=O)CC(=O)c1ccc(Br)c(C)c1. The Hall–Kier alpha value is -1.16. The normalized spacial score (nSPS) is 9.94. The quantitative estimate of drug-likeness (QED) is 0.485. The molecule has 0 aromatic heterocycles. The van der Waals surface area contributed by atoms with Gasteiger partial charge >= 0.3 is 5.97 Å². The van der Waals surface area contributed by atoms with Crippen molar-refractivity contribution in [3.05, 3.63) is 33.8 Å². The van der Waals surface area contributed by atoms with Crippen molar-refractivity contribution in [2.24, 2.45) is 0 Å². The van der Waals surface area contributed by atoms with Crippen molar-refractivity contribution in [2.45, 2.75) is 20.3 Å². The summed E-state index contributed by atoms with van der Waals surface area (Å²) in [6, 6.07) is 5.25. The van der Waals surface area contributed by atoms with Crippen molar-refractivity contribution in [2.75, 3.05) is 6.61 Å². The number of carbonyl (C=O) groups excluding carboxylic acids is 2. The zero-order valence-corrected chi connectivity index (χ0v) is 10.8. The number of ketones is 1. The van der Waals surface area contributed by atoms with Gasteiger partial charge in [-0.25, -0.2) is 0 Å². The predicted octanol–water partition coefficient (Wildman–Crippen LogP) is 2.89. The van der Waals surface area contributed by atoms with E-state index in [0.29, 0.717) is 12.2 Å². The zero-order chi connectivity index (χ0) is 12.1. The molecule has 16 heavy (non-hydrogen) atoms. The fourth-order valence-electron chi connectivity index (χ4n) is 1.26. The Morgan fingerprint density at radius 1 is 1.38 bits per heavy atom. The largest absolute Gasteiger partial charge is 0.466 e. The number of rotatable bonds is 4. The average Bonchev–Trinajstić information content (AvgIpc) is 2.22. The molecule has 0 aliphatic rings. The van der Waals surface area contributed by atoms with Gasteiger partial charge in [0.15, 0.2) is 5.78 Å². The molecule has 0 bridgehead atoms. The van der Waals surface area contributed by atoms with Gasteiger partial charge in [0.1, 0.15) is 6.42 Å². The molecular weight excluding hydrogens is 272 g/mol. The Labute approximate surface area is 103 Å². The first-order chi connectivity index (χ1) is 7.54. The topological polar surface area (TPSA) is 43.4 Å². The Kier molecular flexibility index (Phi) is 4.68. The molecule has 0 saturated heterocycles. The zero-order valence-electron chi connectivity index (χ0n) is 9.25. The van der Waals surface area contributed by atoms with E-state index in [-0.39, 0.29) is 12.2 Å². The standard InChI is InChI=1S/C12H13BrO3/c1-3-16-12(15)7-11(14)9-4-5-10(13)8(2)6-9/h4-6H,3,7H2,1-2H3. The lowest BCUT2D eigenvalue weighted by Gasteiger charge is -2.03. The van der Waals surface area contributed by atoms with E-state index in [1.807, 2.05) is 6.92 Å². The maximum absolute atomic E-state index is 11.7. The molecule has 1 rings (SSSR count). The first-order valence-electron chi connectivity index (χ1n) is 4.99. The van der Waals surface area contributed by atoms with E-state index < -0.39 is 5.97 Å². The van der Waals surface area contributed by atoms with Crippen LogP contribution < -0.4 is 0 Å². The highest BCUT2D eigenvalue weighted by molar-refractivity contribution is 9.10. The van der Waals surface area contributed by atoms with Crippen molar-refractivity contribution in [1.82, 2.24) is 0 Å². The fourth-order valence-corrected chi connectivity index (χ4v) is 1.51. The van der Waals surface area contributed by atoms with E-state index in [2.05, 4.69) is 15.9 Å². The van der Waals surface area contributed by atoms with Crippen LogP contribution in [0.4, 0.5) is 0 Å². The molecule has 0 aliphatic carbocycles. The van der Waals surface area contributed by atoms with Crippen LogP contribution in [0.1, 0.15) is 29.3 Å². The van der Waals surface area contributed by atoms with Crippen LogP contribution >= 0.6 is 15.9 Å². The lowest BCUT2D eigenvalue weighted by atomic mass is 10.1. The van der Waals surface area contributed by atoms with Crippen LogP contribution in [0.25, 0.3) is 0 Å². The molecule has 1 aromatic carbocycles. The molecule has 0 aliphatic heterocycles. The van der Waals surface area contributed by atoms with E-state index >= 15 is 0 Å². The minimum Gasteiger partial charge on any atom is -0.466 e. The minimum atomic E-state index is -0.479. The molecule has 0 N–H and O–H groups in total. The maximum Gasteiger partial charge on any atom is 0.313 e. The lowest BCUT2D eigenvalue weighted by molar-refractivity contribution is -0.141. The Balaban J connectivity index is 2.73. The number of carbonyl (C=O) groups is 2. The van der Waals surface area contributed by atoms with Gasteiger partial charge in [0.2, 0.25) is 0 Å². The van der Waals surface area contributed by atoms with Gasteiger partial charge in [-0.3, -0.25) is 9.59 Å². The summed E-state index contributed by atoms with van der Waals surface area (Å²) in [5.74, 6) is -0.692. The molecule has 0 fully saturated rings. The molecule has 4 heteroatoms. The highest BCUT2D eigenvalue weighted by Gasteiger charge is 2.13. The molecule has 86 valence electrons. The van der Waals surface area contributed by atoms with Gasteiger partial charge in [0, 0.05) is 10.0 Å². The number of esters is 1. The van der Waals surface area contributed by atoms with E-state index in [0.717, 1.165) is 10.0 Å². The second kappa shape index (κ2) is 5.80. The van der Waals surface area contributed by atoms with Crippen LogP contribution in [-0.2, 0) is 9.53 Å². The molecule has 0 heterocycles. The summed E-state index contributed by atoms with van der Waals surface area (Å²) < 4.78 is 5.66. The fraction of sp³-hybridized carbons (Fsp3) is 0.333. The lowest BCUT2D eigenvalue weighted by Crippen LogP contribution is -2.11. The van der Waals surface area contributed by atoms with Crippen molar-refractivity contribution in [1.29, 1.82) is 0 Å². The number of halogens is 1. The number of hydrogen-bond acceptors (Lipinski definition) is 3. The number of hydrogen-bond donors (Lipinski definition) is 0. The van der Waals surface area contributed by atoms with Crippen molar-refractivity contribution in [3.8, 4) is 0 Å². The van der Waals surface area contributed by atoms with Crippen molar-refractivity contribution < 1.29 is 14.3 Å². The number of Topliss-reactive ketones (excluding diaryl/α,β-unsaturated/α-hetero) is 1. The van der Waals surface area contributed by atoms with Gasteiger partial charge in [0.05, 0.1) is 6.61 Å². The van der Waals surface area contributed by atoms with Crippen LogP contribution in [0, 0.1) is 6.92 Å². The second-order valence-electron chi connectivity index (χ2n) is 3.37. The smallest absolute Gasteiger partial charge is 0.313 e. The van der Waals surface area contributed by atoms with Gasteiger partial charge in [-0.1, -0.05) is 22.0 Å². The Morgan fingerprint density at radius 2 is 2.06 bits per heavy atom. The highest BCUT2D eigenvalue weighted by Crippen LogP contribution is 2.18. The second-order valence-corrected chi connectivity index (χ2v) is 4.22. The van der Waals surface area contributed by atoms with Crippen LogP contribution in [0.15, 0.2) is 22.7 Å². The van der Waals surface area contributed by atoms with Crippen LogP contribution in [-0.4, -0.2) is 18.4 Å². The Morgan fingerprint density at radius 3 is 2.62 bits per heavy atom. The molecule has 1 aromatic rings. The number of benzene rings is 1. The Bertz CT molecular complexity index is 413. The highest BCUT2D eigenvalue weighted by atomic mass is 79.9. The molecule has 0 amide bonds. The summed E-state index contributed by atoms with van der Waals surface area (Å²) in [5.41, 5.74) is 1.50. The molecule has 0 radical (unpaired) electrons. The minimum absolute atomic E-state index is 0.199. The van der Waals surface area contributed by atoms with Gasteiger partial charge in [-0.05, 0) is 31.5 Å². The van der Waals surface area contributed by atoms with Crippen molar-refractivity contribution >= 4 is 27.7 Å². The third-order valence-electron chi connectivity index (χ3n) is 2.09. The molecule has 0 atom stereocenters. The molecular formula is C12H13BrO3. The van der Waals surface area contributed by atoms with Crippen molar-refractivity contribution in [3.63, 3.8) is 0 Å². The average molecular weight is 285 g/mol. The molecule has 0 unspecified atom stereocenters. The summed E-state index contributed by atoms with van der Waals surface area (Å²) in [4.78, 5) is 22.8. The summed E-state index contributed by atoms with van der Waals surface area (Å²) in [7, 11) is 0. The predicted molar refractivity (Wildman–Crippen MR) is 64.5 cm³/mol. The van der Waals surface area contributed by atoms with E-state index in [1.54, 1.807) is 25.1 Å². The van der Waals surface area contributed by atoms with Gasteiger partial charge in [0.25, 0.3) is 0 Å². The summed E-state index contributed by atoms with van der Waals surface area (Å²) >= 11 is 3.35. The molecule has 3 nitrogen and oxygen atoms in total. The third kappa shape index (κ3) is 3.45. The first-order valence-corrected chi connectivity index (χ1v) is 5.79. The van der Waals surface area contributed by atoms with E-state index in [9.17, 15) is 9.59 Å². The van der Waals surface area contributed by atoms with E-state index in [1.165, 1.54) is 0 Å². The summed E-state index contributed by atoms with van der Waals surface area (Å²) in [6.07, 6.45) is -0.199. The molecule has 0 saturated carbocycles. The van der Waals surface area contributed by atoms with Crippen LogP contribution in [0.5, 0.6) is 0 Å². The maximum atomic E-state index is 11.7. The van der Waals surface area contributed by atoms with Crippen LogP contribution in [0.3, 0.4) is 0 Å². The third-order valence-corrected chi connectivity index (χ3v) is 2.98. The van der Waals surface area contributed by atoms with Gasteiger partial charge in [-0.15, -0.1) is 0 Å². The van der Waals surface area contributed by atoms with Gasteiger partial charge in [-0.2, -0.15) is 0 Å². The first kappa shape index (κ1) is 12.9. The van der Waals surface area contributed by atoms with E-state index in [4.69, 9.17) is 4.74 Å².